The standard InChI is InChI=1S/C13H19N3O/c1-9-7-10(3-6-12(9)17-2)8-15-13(14)16-11-4-5-11/h3,6-7,11H,4-5,8H2,1-2H3,(H3,14,15,16). The van der Waals surface area contributed by atoms with Crippen LogP contribution in [0, 0.1) is 6.92 Å². The molecule has 4 nitrogen and oxygen atoms in total. The molecule has 0 amide bonds. The van der Waals surface area contributed by atoms with Crippen LogP contribution in [0.25, 0.3) is 0 Å². The Bertz CT molecular complexity index is 425. The van der Waals surface area contributed by atoms with E-state index in [1.807, 2.05) is 19.1 Å². The molecule has 0 aromatic heterocycles. The molecule has 1 aliphatic rings. The largest absolute Gasteiger partial charge is 0.496 e. The summed E-state index contributed by atoms with van der Waals surface area (Å²) >= 11 is 0. The van der Waals surface area contributed by atoms with Gasteiger partial charge in [0.2, 0.25) is 0 Å². The molecule has 1 aliphatic carbocycles. The predicted molar refractivity (Wildman–Crippen MR) is 69.2 cm³/mol. The van der Waals surface area contributed by atoms with Crippen LogP contribution in [0.5, 0.6) is 5.75 Å². The predicted octanol–water partition coefficient (Wildman–Crippen LogP) is 1.57. The van der Waals surface area contributed by atoms with E-state index in [0.29, 0.717) is 18.5 Å². The number of hydrogen-bond donors (Lipinski definition) is 2. The van der Waals surface area contributed by atoms with E-state index in [2.05, 4.69) is 16.4 Å². The lowest BCUT2D eigenvalue weighted by atomic mass is 10.1. The molecular formula is C13H19N3O. The van der Waals surface area contributed by atoms with Gasteiger partial charge in [-0.2, -0.15) is 0 Å². The van der Waals surface area contributed by atoms with Crippen LogP contribution in [0.2, 0.25) is 0 Å². The van der Waals surface area contributed by atoms with E-state index >= 15 is 0 Å². The fourth-order valence-corrected chi connectivity index (χ4v) is 1.70. The second-order valence-corrected chi connectivity index (χ2v) is 4.42. The van der Waals surface area contributed by atoms with Crippen LogP contribution in [-0.2, 0) is 6.54 Å². The van der Waals surface area contributed by atoms with Crippen LogP contribution >= 0.6 is 0 Å². The highest BCUT2D eigenvalue weighted by Gasteiger charge is 2.21. The summed E-state index contributed by atoms with van der Waals surface area (Å²) in [6, 6.07) is 6.60. The van der Waals surface area contributed by atoms with Gasteiger partial charge in [-0.05, 0) is 37.0 Å². The SMILES string of the molecule is COc1ccc(CN=C(N)NC2CC2)cc1C. The van der Waals surface area contributed by atoms with Gasteiger partial charge < -0.3 is 15.8 Å². The summed E-state index contributed by atoms with van der Waals surface area (Å²) < 4.78 is 5.21. The second-order valence-electron chi connectivity index (χ2n) is 4.42. The van der Waals surface area contributed by atoms with Crippen molar-refractivity contribution in [1.82, 2.24) is 5.32 Å². The van der Waals surface area contributed by atoms with Crippen molar-refractivity contribution in [3.8, 4) is 5.75 Å². The zero-order valence-electron chi connectivity index (χ0n) is 10.4. The fourth-order valence-electron chi connectivity index (χ4n) is 1.70. The Morgan fingerprint density at radius 1 is 1.53 bits per heavy atom. The first kappa shape index (κ1) is 11.8. The Morgan fingerprint density at radius 3 is 2.88 bits per heavy atom. The molecule has 0 bridgehead atoms. The van der Waals surface area contributed by atoms with Gasteiger partial charge in [0, 0.05) is 6.04 Å². The maximum atomic E-state index is 5.77. The minimum absolute atomic E-state index is 0.543. The summed E-state index contributed by atoms with van der Waals surface area (Å²) in [6.07, 6.45) is 2.41. The molecule has 4 heteroatoms. The molecule has 2 rings (SSSR count). The number of aliphatic imine (C=N–C) groups is 1. The molecule has 1 fully saturated rings. The van der Waals surface area contributed by atoms with Crippen LogP contribution in [0.15, 0.2) is 23.2 Å². The van der Waals surface area contributed by atoms with Crippen molar-refractivity contribution in [2.45, 2.75) is 32.4 Å². The van der Waals surface area contributed by atoms with Crippen molar-refractivity contribution < 1.29 is 4.74 Å². The molecule has 1 saturated carbocycles. The van der Waals surface area contributed by atoms with Crippen LogP contribution in [0.3, 0.4) is 0 Å². The van der Waals surface area contributed by atoms with E-state index in [1.165, 1.54) is 12.8 Å². The van der Waals surface area contributed by atoms with Crippen molar-refractivity contribution in [3.63, 3.8) is 0 Å². The molecule has 1 aromatic rings. The molecule has 17 heavy (non-hydrogen) atoms. The number of nitrogens with one attached hydrogen (secondary N) is 1. The fraction of sp³-hybridized carbons (Fsp3) is 0.462. The average molecular weight is 233 g/mol. The van der Waals surface area contributed by atoms with E-state index < -0.39 is 0 Å². The zero-order chi connectivity index (χ0) is 12.3. The second kappa shape index (κ2) is 5.08. The van der Waals surface area contributed by atoms with Crippen LogP contribution in [0.4, 0.5) is 0 Å². The third-order valence-electron chi connectivity index (χ3n) is 2.82. The summed E-state index contributed by atoms with van der Waals surface area (Å²) in [5, 5.41) is 3.16. The Morgan fingerprint density at radius 2 is 2.29 bits per heavy atom. The summed E-state index contributed by atoms with van der Waals surface area (Å²) in [5.74, 6) is 1.45. The summed E-state index contributed by atoms with van der Waals surface area (Å²) in [5.41, 5.74) is 8.03. The first-order valence-electron chi connectivity index (χ1n) is 5.89. The molecule has 0 spiro atoms. The molecule has 0 atom stereocenters. The van der Waals surface area contributed by atoms with Crippen molar-refractivity contribution in [3.05, 3.63) is 29.3 Å². The van der Waals surface area contributed by atoms with E-state index in [1.54, 1.807) is 7.11 Å². The zero-order valence-corrected chi connectivity index (χ0v) is 10.4. The maximum Gasteiger partial charge on any atom is 0.189 e. The summed E-state index contributed by atoms with van der Waals surface area (Å²) in [7, 11) is 1.68. The average Bonchev–Trinajstić information content (AvgIpc) is 3.10. The Kier molecular flexibility index (Phi) is 3.52. The molecular weight excluding hydrogens is 214 g/mol. The van der Waals surface area contributed by atoms with E-state index in [-0.39, 0.29) is 0 Å². The van der Waals surface area contributed by atoms with Crippen molar-refractivity contribution in [1.29, 1.82) is 0 Å². The van der Waals surface area contributed by atoms with Crippen molar-refractivity contribution in [2.24, 2.45) is 10.7 Å². The number of guanidine groups is 1. The van der Waals surface area contributed by atoms with E-state index in [9.17, 15) is 0 Å². The van der Waals surface area contributed by atoms with Gasteiger partial charge in [-0.15, -0.1) is 0 Å². The number of methoxy groups -OCH3 is 1. The number of hydrogen-bond acceptors (Lipinski definition) is 2. The maximum absolute atomic E-state index is 5.77. The molecule has 0 unspecified atom stereocenters. The third-order valence-corrected chi connectivity index (χ3v) is 2.82. The minimum atomic E-state index is 0.543. The number of nitrogens with two attached hydrogens (primary N) is 1. The molecule has 0 saturated heterocycles. The number of aryl methyl sites for hydroxylation is 1. The Hall–Kier alpha value is -1.71. The van der Waals surface area contributed by atoms with Gasteiger partial charge >= 0.3 is 0 Å². The number of rotatable bonds is 4. The molecule has 0 radical (unpaired) electrons. The number of ether oxygens (including phenoxy) is 1. The first-order chi connectivity index (χ1) is 8.19. The topological polar surface area (TPSA) is 59.6 Å². The van der Waals surface area contributed by atoms with Crippen LogP contribution in [0.1, 0.15) is 24.0 Å². The lowest BCUT2D eigenvalue weighted by Crippen LogP contribution is -2.33. The summed E-state index contributed by atoms with van der Waals surface area (Å²) in [4.78, 5) is 4.31. The summed E-state index contributed by atoms with van der Waals surface area (Å²) in [6.45, 7) is 2.63. The molecule has 92 valence electrons. The van der Waals surface area contributed by atoms with Gasteiger partial charge in [0.15, 0.2) is 5.96 Å². The van der Waals surface area contributed by atoms with E-state index in [4.69, 9.17) is 10.5 Å². The van der Waals surface area contributed by atoms with Crippen molar-refractivity contribution >= 4 is 5.96 Å². The lowest BCUT2D eigenvalue weighted by Gasteiger charge is -2.07. The Labute approximate surface area is 102 Å². The first-order valence-corrected chi connectivity index (χ1v) is 5.89. The van der Waals surface area contributed by atoms with Gasteiger partial charge in [0.25, 0.3) is 0 Å². The monoisotopic (exact) mass is 233 g/mol. The Balaban J connectivity index is 1.95. The third kappa shape index (κ3) is 3.37. The van der Waals surface area contributed by atoms with Crippen LogP contribution < -0.4 is 15.8 Å². The quantitative estimate of drug-likeness (QED) is 0.613. The van der Waals surface area contributed by atoms with Gasteiger partial charge in [-0.1, -0.05) is 12.1 Å². The normalized spacial score (nSPS) is 15.8. The lowest BCUT2D eigenvalue weighted by molar-refractivity contribution is 0.411. The van der Waals surface area contributed by atoms with E-state index in [0.717, 1.165) is 16.9 Å². The highest BCUT2D eigenvalue weighted by atomic mass is 16.5. The highest BCUT2D eigenvalue weighted by molar-refractivity contribution is 5.78. The van der Waals surface area contributed by atoms with Crippen molar-refractivity contribution in [2.75, 3.05) is 7.11 Å². The van der Waals surface area contributed by atoms with Gasteiger partial charge in [0.1, 0.15) is 5.75 Å². The van der Waals surface area contributed by atoms with Gasteiger partial charge in [-0.3, -0.25) is 0 Å². The minimum Gasteiger partial charge on any atom is -0.496 e. The van der Waals surface area contributed by atoms with Gasteiger partial charge in [0.05, 0.1) is 13.7 Å². The number of benzene rings is 1. The molecule has 0 aliphatic heterocycles. The molecule has 3 N–H and O–H groups in total. The smallest absolute Gasteiger partial charge is 0.189 e. The molecule has 1 aromatic carbocycles. The highest BCUT2D eigenvalue weighted by Crippen LogP contribution is 2.19. The number of nitrogens with zero attached hydrogens (tertiary/aromatic N) is 1. The molecule has 0 heterocycles. The van der Waals surface area contributed by atoms with Crippen LogP contribution in [-0.4, -0.2) is 19.1 Å². The van der Waals surface area contributed by atoms with Gasteiger partial charge in [-0.25, -0.2) is 4.99 Å².